The molecule has 0 aliphatic heterocycles. The minimum atomic E-state index is -1.23. The van der Waals surface area contributed by atoms with Gasteiger partial charge in [-0.2, -0.15) is 0 Å². The van der Waals surface area contributed by atoms with E-state index in [0.29, 0.717) is 23.4 Å². The van der Waals surface area contributed by atoms with Gasteiger partial charge in [0, 0.05) is 12.8 Å². The number of carbonyl (C=O) groups excluding carboxylic acids is 1. The third kappa shape index (κ3) is 7.37. The van der Waals surface area contributed by atoms with E-state index in [1.807, 2.05) is 6.92 Å². The van der Waals surface area contributed by atoms with Crippen molar-refractivity contribution in [2.75, 3.05) is 11.9 Å². The van der Waals surface area contributed by atoms with Crippen LogP contribution in [0, 0.1) is 0 Å². The highest BCUT2D eigenvalue weighted by Gasteiger charge is 2.30. The lowest BCUT2D eigenvalue weighted by Crippen LogP contribution is -2.41. The van der Waals surface area contributed by atoms with Crippen molar-refractivity contribution in [1.82, 2.24) is 19.5 Å². The van der Waals surface area contributed by atoms with Gasteiger partial charge < -0.3 is 29.7 Å². The Hall–Kier alpha value is -2.76. The van der Waals surface area contributed by atoms with E-state index in [0.717, 1.165) is 37.9 Å². The molecule has 0 spiro atoms. The van der Waals surface area contributed by atoms with Crippen LogP contribution < -0.4 is 5.32 Å². The second-order valence-electron chi connectivity index (χ2n) is 9.23. The largest absolute Gasteiger partial charge is 0.493 e. The molecule has 2 aromatic rings. The average molecular weight is 506 g/mol. The highest BCUT2D eigenvalue weighted by Crippen LogP contribution is 2.29. The van der Waals surface area contributed by atoms with Gasteiger partial charge in [0.2, 0.25) is 0 Å². The van der Waals surface area contributed by atoms with E-state index in [4.69, 9.17) is 14.2 Å². The van der Waals surface area contributed by atoms with Crippen molar-refractivity contribution < 1.29 is 29.2 Å². The fourth-order valence-corrected chi connectivity index (χ4v) is 4.22. The Kier molecular flexibility index (Phi) is 10.4. The first kappa shape index (κ1) is 27.8. The van der Waals surface area contributed by atoms with E-state index in [2.05, 4.69) is 33.8 Å². The standard InChI is InChI=1S/C25H39N5O6/c1-5-8-16(3)36-19-11-7-10-18(19)29-24-22-25(27-13-26-24)30(14-28-22)15-35-20(23(33)17(4)31)12-34-21(32)9-6-2/h13-14,17-20,23,31,33H,3,5-12,15H2,1-2,4H3,(H,26,27,29)/t17-,18?,19-,20?,23-/m0/s1. The minimum absolute atomic E-state index is 0.0151. The number of allylic oxidation sites excluding steroid dienone is 1. The summed E-state index contributed by atoms with van der Waals surface area (Å²) in [5.41, 5.74) is 1.13. The van der Waals surface area contributed by atoms with Gasteiger partial charge in [-0.05, 0) is 39.0 Å². The molecule has 0 radical (unpaired) electrons. The number of rotatable bonds is 15. The molecule has 1 aliphatic carbocycles. The molecule has 36 heavy (non-hydrogen) atoms. The molecule has 11 nitrogen and oxygen atoms in total. The van der Waals surface area contributed by atoms with Crippen LogP contribution in [0.2, 0.25) is 0 Å². The topological polar surface area (TPSA) is 141 Å². The summed E-state index contributed by atoms with van der Waals surface area (Å²) < 4.78 is 18.8. The number of aliphatic hydroxyl groups is 2. The Morgan fingerprint density at radius 2 is 2.00 bits per heavy atom. The molecule has 11 heteroatoms. The number of anilines is 1. The van der Waals surface area contributed by atoms with Crippen LogP contribution >= 0.6 is 0 Å². The van der Waals surface area contributed by atoms with Gasteiger partial charge in [0.1, 0.15) is 38.0 Å². The molecule has 1 aliphatic rings. The summed E-state index contributed by atoms with van der Waals surface area (Å²) in [7, 11) is 0. The summed E-state index contributed by atoms with van der Waals surface area (Å²) in [6.45, 7) is 9.26. The Balaban J connectivity index is 1.68. The number of hydrogen-bond acceptors (Lipinski definition) is 10. The maximum absolute atomic E-state index is 11.8. The van der Waals surface area contributed by atoms with E-state index in [1.165, 1.54) is 13.3 Å². The molecule has 2 aromatic heterocycles. The zero-order valence-electron chi connectivity index (χ0n) is 21.4. The molecule has 2 unspecified atom stereocenters. The third-order valence-corrected chi connectivity index (χ3v) is 6.19. The first-order valence-corrected chi connectivity index (χ1v) is 12.7. The summed E-state index contributed by atoms with van der Waals surface area (Å²) in [6.07, 6.45) is 5.56. The number of aliphatic hydroxyl groups excluding tert-OH is 2. The quantitative estimate of drug-likeness (QED) is 0.244. The van der Waals surface area contributed by atoms with Crippen LogP contribution in [-0.2, 0) is 25.7 Å². The van der Waals surface area contributed by atoms with Crippen LogP contribution in [0.5, 0.6) is 0 Å². The number of hydrogen-bond donors (Lipinski definition) is 3. The normalized spacial score (nSPS) is 20.1. The van der Waals surface area contributed by atoms with Gasteiger partial charge in [-0.15, -0.1) is 0 Å². The summed E-state index contributed by atoms with van der Waals surface area (Å²) in [6, 6.07) is 0.0847. The van der Waals surface area contributed by atoms with Crippen LogP contribution in [0.1, 0.15) is 65.7 Å². The van der Waals surface area contributed by atoms with Gasteiger partial charge in [-0.3, -0.25) is 9.36 Å². The Labute approximate surface area is 211 Å². The molecule has 200 valence electrons. The fourth-order valence-electron chi connectivity index (χ4n) is 4.22. The number of esters is 1. The lowest BCUT2D eigenvalue weighted by molar-refractivity contribution is -0.159. The number of imidazole rings is 1. The van der Waals surface area contributed by atoms with Crippen molar-refractivity contribution in [3.63, 3.8) is 0 Å². The highest BCUT2D eigenvalue weighted by molar-refractivity contribution is 5.82. The molecular weight excluding hydrogens is 466 g/mol. The minimum Gasteiger partial charge on any atom is -0.493 e. The Bertz CT molecular complexity index is 996. The van der Waals surface area contributed by atoms with Crippen LogP contribution in [0.25, 0.3) is 11.2 Å². The molecule has 2 heterocycles. The number of ether oxygens (including phenoxy) is 3. The van der Waals surface area contributed by atoms with Crippen molar-refractivity contribution >= 4 is 23.0 Å². The molecular formula is C25H39N5O6. The summed E-state index contributed by atoms with van der Waals surface area (Å²) in [5.74, 6) is 1.03. The van der Waals surface area contributed by atoms with E-state index >= 15 is 0 Å². The van der Waals surface area contributed by atoms with Crippen LogP contribution in [0.15, 0.2) is 25.0 Å². The van der Waals surface area contributed by atoms with Gasteiger partial charge in [0.05, 0.1) is 24.2 Å². The fraction of sp³-hybridized carbons (Fsp3) is 0.680. The van der Waals surface area contributed by atoms with Crippen molar-refractivity contribution in [3.8, 4) is 0 Å². The maximum Gasteiger partial charge on any atom is 0.305 e. The number of aromatic nitrogens is 4. The van der Waals surface area contributed by atoms with Crippen molar-refractivity contribution in [2.45, 2.75) is 103 Å². The van der Waals surface area contributed by atoms with Gasteiger partial charge in [0.25, 0.3) is 0 Å². The zero-order chi connectivity index (χ0) is 26.1. The molecule has 0 amide bonds. The highest BCUT2D eigenvalue weighted by atomic mass is 16.6. The zero-order valence-corrected chi connectivity index (χ0v) is 21.4. The maximum atomic E-state index is 11.8. The lowest BCUT2D eigenvalue weighted by atomic mass is 10.1. The molecule has 0 saturated heterocycles. The summed E-state index contributed by atoms with van der Waals surface area (Å²) in [4.78, 5) is 25.0. The second-order valence-corrected chi connectivity index (χ2v) is 9.23. The first-order valence-electron chi connectivity index (χ1n) is 12.7. The number of fused-ring (bicyclic) bond motifs is 1. The Morgan fingerprint density at radius 1 is 1.22 bits per heavy atom. The van der Waals surface area contributed by atoms with E-state index in [1.54, 1.807) is 10.9 Å². The smallest absolute Gasteiger partial charge is 0.305 e. The van der Waals surface area contributed by atoms with Crippen LogP contribution in [0.4, 0.5) is 5.82 Å². The Morgan fingerprint density at radius 3 is 2.72 bits per heavy atom. The van der Waals surface area contributed by atoms with Gasteiger partial charge in [-0.25, -0.2) is 15.0 Å². The van der Waals surface area contributed by atoms with Crippen molar-refractivity contribution in [1.29, 1.82) is 0 Å². The first-order chi connectivity index (χ1) is 17.3. The van der Waals surface area contributed by atoms with E-state index in [9.17, 15) is 15.0 Å². The predicted octanol–water partition coefficient (Wildman–Crippen LogP) is 2.92. The second kappa shape index (κ2) is 13.5. The average Bonchev–Trinajstić information content (AvgIpc) is 3.46. The molecule has 1 saturated carbocycles. The van der Waals surface area contributed by atoms with Gasteiger partial charge in [0.15, 0.2) is 17.0 Å². The molecule has 5 atom stereocenters. The van der Waals surface area contributed by atoms with E-state index in [-0.39, 0.29) is 37.9 Å². The predicted molar refractivity (Wildman–Crippen MR) is 134 cm³/mol. The van der Waals surface area contributed by atoms with Crippen molar-refractivity contribution in [3.05, 3.63) is 25.0 Å². The summed E-state index contributed by atoms with van der Waals surface area (Å²) >= 11 is 0. The van der Waals surface area contributed by atoms with Crippen molar-refractivity contribution in [2.24, 2.45) is 0 Å². The van der Waals surface area contributed by atoms with Crippen LogP contribution in [0.3, 0.4) is 0 Å². The molecule has 0 aromatic carbocycles. The van der Waals surface area contributed by atoms with Gasteiger partial charge >= 0.3 is 5.97 Å². The monoisotopic (exact) mass is 505 g/mol. The lowest BCUT2D eigenvalue weighted by Gasteiger charge is -2.25. The molecule has 3 rings (SSSR count). The third-order valence-electron chi connectivity index (χ3n) is 6.19. The molecule has 1 fully saturated rings. The molecule has 3 N–H and O–H groups in total. The number of nitrogens with one attached hydrogen (secondary N) is 1. The van der Waals surface area contributed by atoms with Gasteiger partial charge in [-0.1, -0.05) is 20.4 Å². The number of carbonyl (C=O) groups is 1. The summed E-state index contributed by atoms with van der Waals surface area (Å²) in [5, 5.41) is 23.7. The number of nitrogens with zero attached hydrogens (tertiary/aromatic N) is 4. The molecule has 0 bridgehead atoms. The van der Waals surface area contributed by atoms with E-state index < -0.39 is 18.3 Å². The SMILES string of the molecule is C=C(CCC)O[C@H]1CCCC1Nc1ncnc2c1ncn2COC(COC(=O)CCC)[C@@H](O)[C@H](C)O. The van der Waals surface area contributed by atoms with Crippen LogP contribution in [-0.4, -0.2) is 72.8 Å².